The van der Waals surface area contributed by atoms with E-state index in [0.29, 0.717) is 29.5 Å². The summed E-state index contributed by atoms with van der Waals surface area (Å²) in [6.07, 6.45) is 10.5. The highest BCUT2D eigenvalue weighted by Gasteiger charge is 2.64. The zero-order chi connectivity index (χ0) is 18.9. The Kier molecular flexibility index (Phi) is 4.27. The third kappa shape index (κ3) is 2.43. The first-order valence-electron chi connectivity index (χ1n) is 11.1. The van der Waals surface area contributed by atoms with Gasteiger partial charge in [-0.05, 0) is 91.4 Å². The van der Waals surface area contributed by atoms with Crippen molar-refractivity contribution in [2.24, 2.45) is 40.4 Å². The van der Waals surface area contributed by atoms with E-state index in [1.807, 2.05) is 6.08 Å². The van der Waals surface area contributed by atoms with Crippen LogP contribution in [0.2, 0.25) is 0 Å². The van der Waals surface area contributed by atoms with E-state index in [-0.39, 0.29) is 10.8 Å². The molecule has 0 radical (unpaired) electrons. The molecule has 0 aromatic rings. The second-order valence-electron chi connectivity index (χ2n) is 11.1. The fourth-order valence-corrected chi connectivity index (χ4v) is 8.11. The van der Waals surface area contributed by atoms with Crippen LogP contribution < -0.4 is 0 Å². The normalized spacial score (nSPS) is 50.9. The molecule has 7 atom stereocenters. The summed E-state index contributed by atoms with van der Waals surface area (Å²) in [6.45, 7) is 11.7. The van der Waals surface area contributed by atoms with Gasteiger partial charge in [-0.25, -0.2) is 0 Å². The van der Waals surface area contributed by atoms with Crippen LogP contribution in [0.15, 0.2) is 11.6 Å². The zero-order valence-corrected chi connectivity index (χ0v) is 17.5. The van der Waals surface area contributed by atoms with E-state index in [9.17, 15) is 9.90 Å². The fourth-order valence-electron chi connectivity index (χ4n) is 8.11. The van der Waals surface area contributed by atoms with E-state index < -0.39 is 5.60 Å². The largest absolute Gasteiger partial charge is 0.389 e. The van der Waals surface area contributed by atoms with Crippen molar-refractivity contribution in [2.45, 2.75) is 91.6 Å². The summed E-state index contributed by atoms with van der Waals surface area (Å²) in [7, 11) is 0. The minimum Gasteiger partial charge on any atom is -0.389 e. The van der Waals surface area contributed by atoms with E-state index in [0.717, 1.165) is 38.0 Å². The van der Waals surface area contributed by atoms with Crippen LogP contribution in [0.4, 0.5) is 0 Å². The first-order chi connectivity index (χ1) is 12.1. The molecule has 0 aliphatic heterocycles. The monoisotopic (exact) mass is 358 g/mol. The summed E-state index contributed by atoms with van der Waals surface area (Å²) in [6, 6.07) is 0. The molecule has 0 bridgehead atoms. The van der Waals surface area contributed by atoms with Crippen molar-refractivity contribution in [1.29, 1.82) is 0 Å². The van der Waals surface area contributed by atoms with E-state index in [1.54, 1.807) is 0 Å². The standard InChI is InChI=1S/C24H38O2/c1-15(2)14-24(26)11-8-20-18-12-16(3)21-13-17(25)6-9-22(21,4)19(18)7-10-23(20,24)5/h13,15-16,18-20,26H,6-12,14H2,1-5H3/t16-,18?,19?,20?,22+,23-,24+/m0/s1. The van der Waals surface area contributed by atoms with Crippen LogP contribution in [0.3, 0.4) is 0 Å². The van der Waals surface area contributed by atoms with Crippen LogP contribution in [-0.4, -0.2) is 16.5 Å². The number of hydrogen-bond donors (Lipinski definition) is 1. The highest BCUT2D eigenvalue weighted by atomic mass is 16.3. The van der Waals surface area contributed by atoms with Gasteiger partial charge < -0.3 is 5.11 Å². The van der Waals surface area contributed by atoms with Gasteiger partial charge in [0.2, 0.25) is 0 Å². The summed E-state index contributed by atoms with van der Waals surface area (Å²) < 4.78 is 0. The van der Waals surface area contributed by atoms with Crippen molar-refractivity contribution in [3.05, 3.63) is 11.6 Å². The van der Waals surface area contributed by atoms with Gasteiger partial charge >= 0.3 is 0 Å². The number of carbonyl (C=O) groups excluding carboxylic acids is 1. The van der Waals surface area contributed by atoms with E-state index in [1.165, 1.54) is 24.8 Å². The molecule has 3 unspecified atom stereocenters. The number of ketones is 1. The SMILES string of the molecule is CC(C)C[C@]1(O)CCC2C3C[C@H](C)C4=CC(=O)CC[C@]4(C)C3CC[C@@]21C. The highest BCUT2D eigenvalue weighted by Crippen LogP contribution is 2.68. The lowest BCUT2D eigenvalue weighted by Crippen LogP contribution is -2.56. The molecule has 4 aliphatic rings. The first kappa shape index (κ1) is 18.7. The molecular formula is C24H38O2. The average Bonchev–Trinajstić information content (AvgIpc) is 2.80. The molecule has 4 aliphatic carbocycles. The van der Waals surface area contributed by atoms with Crippen LogP contribution in [0.5, 0.6) is 0 Å². The maximum Gasteiger partial charge on any atom is 0.155 e. The highest BCUT2D eigenvalue weighted by molar-refractivity contribution is 5.91. The lowest BCUT2D eigenvalue weighted by molar-refractivity contribution is -0.139. The Bertz CT molecular complexity index is 634. The van der Waals surface area contributed by atoms with Gasteiger partial charge in [0.15, 0.2) is 5.78 Å². The Labute approximate surface area is 159 Å². The Morgan fingerprint density at radius 2 is 1.85 bits per heavy atom. The van der Waals surface area contributed by atoms with Crippen LogP contribution in [0, 0.1) is 40.4 Å². The predicted octanol–water partition coefficient (Wildman–Crippen LogP) is 5.54. The summed E-state index contributed by atoms with van der Waals surface area (Å²) in [5.74, 6) is 3.50. The quantitative estimate of drug-likeness (QED) is 0.703. The summed E-state index contributed by atoms with van der Waals surface area (Å²) in [5, 5.41) is 11.6. The topological polar surface area (TPSA) is 37.3 Å². The van der Waals surface area contributed by atoms with Crippen molar-refractivity contribution >= 4 is 5.78 Å². The van der Waals surface area contributed by atoms with Crippen molar-refractivity contribution in [3.63, 3.8) is 0 Å². The minimum atomic E-state index is -0.473. The molecule has 146 valence electrons. The van der Waals surface area contributed by atoms with Crippen molar-refractivity contribution < 1.29 is 9.90 Å². The molecule has 0 aromatic carbocycles. The van der Waals surface area contributed by atoms with Crippen LogP contribution in [0.1, 0.15) is 86.0 Å². The second kappa shape index (κ2) is 5.93. The summed E-state index contributed by atoms with van der Waals surface area (Å²) in [4.78, 5) is 12.1. The molecule has 4 rings (SSSR count). The Morgan fingerprint density at radius 1 is 1.15 bits per heavy atom. The molecule has 2 heteroatoms. The zero-order valence-electron chi connectivity index (χ0n) is 17.5. The maximum atomic E-state index is 12.1. The smallest absolute Gasteiger partial charge is 0.155 e. The van der Waals surface area contributed by atoms with Gasteiger partial charge in [0.1, 0.15) is 0 Å². The first-order valence-corrected chi connectivity index (χ1v) is 11.1. The van der Waals surface area contributed by atoms with E-state index >= 15 is 0 Å². The van der Waals surface area contributed by atoms with Crippen LogP contribution >= 0.6 is 0 Å². The van der Waals surface area contributed by atoms with Gasteiger partial charge in [-0.15, -0.1) is 0 Å². The number of fused-ring (bicyclic) bond motifs is 5. The Morgan fingerprint density at radius 3 is 2.54 bits per heavy atom. The van der Waals surface area contributed by atoms with Crippen LogP contribution in [0.25, 0.3) is 0 Å². The lowest BCUT2D eigenvalue weighted by atomic mass is 9.44. The van der Waals surface area contributed by atoms with Gasteiger partial charge in [-0.2, -0.15) is 0 Å². The minimum absolute atomic E-state index is 0.0836. The molecule has 1 N–H and O–H groups in total. The number of aliphatic hydroxyl groups is 1. The molecule has 0 spiro atoms. The van der Waals surface area contributed by atoms with Gasteiger partial charge in [-0.1, -0.05) is 40.2 Å². The molecule has 26 heavy (non-hydrogen) atoms. The number of allylic oxidation sites excluding steroid dienone is 1. The number of hydrogen-bond acceptors (Lipinski definition) is 2. The third-order valence-corrected chi connectivity index (χ3v) is 9.35. The molecule has 2 nitrogen and oxygen atoms in total. The maximum absolute atomic E-state index is 12.1. The molecule has 0 saturated heterocycles. The van der Waals surface area contributed by atoms with Crippen molar-refractivity contribution in [2.75, 3.05) is 0 Å². The van der Waals surface area contributed by atoms with Gasteiger partial charge in [0.25, 0.3) is 0 Å². The predicted molar refractivity (Wildman–Crippen MR) is 106 cm³/mol. The molecule has 0 aromatic heterocycles. The van der Waals surface area contributed by atoms with Crippen LogP contribution in [-0.2, 0) is 4.79 Å². The summed E-state index contributed by atoms with van der Waals surface area (Å²) >= 11 is 0. The third-order valence-electron chi connectivity index (χ3n) is 9.35. The molecule has 3 fully saturated rings. The summed E-state index contributed by atoms with van der Waals surface area (Å²) in [5.41, 5.74) is 1.28. The van der Waals surface area contributed by atoms with Gasteiger partial charge in [0.05, 0.1) is 5.60 Å². The lowest BCUT2D eigenvalue weighted by Gasteiger charge is -2.60. The van der Waals surface area contributed by atoms with Crippen molar-refractivity contribution in [3.8, 4) is 0 Å². The molecule has 0 amide bonds. The average molecular weight is 359 g/mol. The Hall–Kier alpha value is -0.630. The molecule has 0 heterocycles. The Balaban J connectivity index is 1.68. The fraction of sp³-hybridized carbons (Fsp3) is 0.875. The van der Waals surface area contributed by atoms with E-state index in [2.05, 4.69) is 34.6 Å². The van der Waals surface area contributed by atoms with E-state index in [4.69, 9.17) is 0 Å². The molecular weight excluding hydrogens is 320 g/mol. The number of carbonyl (C=O) groups is 1. The second-order valence-corrected chi connectivity index (χ2v) is 11.1. The van der Waals surface area contributed by atoms with Gasteiger partial charge in [0, 0.05) is 6.42 Å². The van der Waals surface area contributed by atoms with Crippen molar-refractivity contribution in [1.82, 2.24) is 0 Å². The van der Waals surface area contributed by atoms with Gasteiger partial charge in [-0.3, -0.25) is 4.79 Å². The number of rotatable bonds is 2. The molecule has 3 saturated carbocycles.